The maximum absolute atomic E-state index is 13.1. The summed E-state index contributed by atoms with van der Waals surface area (Å²) in [5.41, 5.74) is 7.69. The van der Waals surface area contributed by atoms with Crippen LogP contribution in [-0.4, -0.2) is 41.3 Å². The van der Waals surface area contributed by atoms with Crippen molar-refractivity contribution in [3.63, 3.8) is 0 Å². The van der Waals surface area contributed by atoms with Crippen molar-refractivity contribution < 1.29 is 9.59 Å². The Labute approximate surface area is 188 Å². The lowest BCUT2D eigenvalue weighted by molar-refractivity contribution is -0.128. The van der Waals surface area contributed by atoms with Gasteiger partial charge in [-0.15, -0.1) is 0 Å². The average molecular weight is 429 g/mol. The fourth-order valence-electron chi connectivity index (χ4n) is 4.52. The number of benzene rings is 2. The first-order valence-electron chi connectivity index (χ1n) is 10.9. The van der Waals surface area contributed by atoms with E-state index in [0.717, 1.165) is 24.1 Å². The summed E-state index contributed by atoms with van der Waals surface area (Å²) < 4.78 is 0. The Bertz CT molecular complexity index is 1000. The van der Waals surface area contributed by atoms with E-state index in [1.807, 2.05) is 83.8 Å². The van der Waals surface area contributed by atoms with Gasteiger partial charge in [-0.1, -0.05) is 66.7 Å². The van der Waals surface area contributed by atoms with Crippen molar-refractivity contribution in [1.29, 1.82) is 0 Å². The molecule has 1 unspecified atom stereocenters. The van der Waals surface area contributed by atoms with E-state index in [4.69, 9.17) is 5.73 Å². The van der Waals surface area contributed by atoms with Crippen molar-refractivity contribution in [2.45, 2.75) is 24.3 Å². The predicted octanol–water partition coefficient (Wildman–Crippen LogP) is 2.81. The first-order chi connectivity index (χ1) is 15.6. The minimum atomic E-state index is -0.877. The molecule has 164 valence electrons. The molecule has 1 saturated heterocycles. The van der Waals surface area contributed by atoms with Crippen LogP contribution in [-0.2, 0) is 15.0 Å². The Morgan fingerprint density at radius 3 is 2.16 bits per heavy atom. The molecule has 0 spiro atoms. The van der Waals surface area contributed by atoms with Crippen molar-refractivity contribution in [1.82, 2.24) is 15.2 Å². The van der Waals surface area contributed by atoms with Gasteiger partial charge in [0, 0.05) is 12.7 Å². The van der Waals surface area contributed by atoms with Gasteiger partial charge >= 0.3 is 0 Å². The SMILES string of the molecule is NC(=O)C1(c2ccccn2)CCCN(CC(=O)NC(c2ccccc2)c2ccccc2)C1. The monoisotopic (exact) mass is 428 g/mol. The molecule has 1 aromatic heterocycles. The smallest absolute Gasteiger partial charge is 0.234 e. The zero-order valence-corrected chi connectivity index (χ0v) is 18.0. The lowest BCUT2D eigenvalue weighted by atomic mass is 9.76. The molecule has 6 heteroatoms. The van der Waals surface area contributed by atoms with E-state index < -0.39 is 11.3 Å². The lowest BCUT2D eigenvalue weighted by Gasteiger charge is -2.40. The summed E-state index contributed by atoms with van der Waals surface area (Å²) in [5, 5.41) is 3.18. The maximum Gasteiger partial charge on any atom is 0.234 e. The van der Waals surface area contributed by atoms with E-state index in [1.165, 1.54) is 0 Å². The highest BCUT2D eigenvalue weighted by atomic mass is 16.2. The van der Waals surface area contributed by atoms with Crippen LogP contribution in [0, 0.1) is 0 Å². The molecule has 1 fully saturated rings. The summed E-state index contributed by atoms with van der Waals surface area (Å²) in [5.74, 6) is -0.489. The molecule has 0 aliphatic carbocycles. The number of piperidine rings is 1. The molecule has 1 aliphatic heterocycles. The molecule has 0 saturated carbocycles. The Morgan fingerprint density at radius 1 is 0.969 bits per heavy atom. The number of amides is 2. The van der Waals surface area contributed by atoms with Gasteiger partial charge < -0.3 is 11.1 Å². The number of likely N-dealkylation sites (tertiary alicyclic amines) is 1. The number of rotatable bonds is 7. The van der Waals surface area contributed by atoms with Gasteiger partial charge in [-0.3, -0.25) is 19.5 Å². The zero-order chi connectivity index (χ0) is 22.4. The number of carbonyl (C=O) groups excluding carboxylic acids is 2. The topological polar surface area (TPSA) is 88.3 Å². The molecular weight excluding hydrogens is 400 g/mol. The van der Waals surface area contributed by atoms with Gasteiger partial charge in [0.05, 0.1) is 18.3 Å². The van der Waals surface area contributed by atoms with Gasteiger partial charge in [0.2, 0.25) is 11.8 Å². The Morgan fingerprint density at radius 2 is 1.59 bits per heavy atom. The van der Waals surface area contributed by atoms with Gasteiger partial charge in [0.15, 0.2) is 0 Å². The average Bonchev–Trinajstić information content (AvgIpc) is 2.84. The fraction of sp³-hybridized carbons (Fsp3) is 0.269. The molecule has 32 heavy (non-hydrogen) atoms. The first kappa shape index (κ1) is 21.7. The van der Waals surface area contributed by atoms with Crippen molar-refractivity contribution in [3.05, 3.63) is 102 Å². The number of nitrogens with one attached hydrogen (secondary N) is 1. The number of carbonyl (C=O) groups is 2. The van der Waals surface area contributed by atoms with Crippen molar-refractivity contribution >= 4 is 11.8 Å². The molecule has 1 atom stereocenters. The minimum Gasteiger partial charge on any atom is -0.369 e. The van der Waals surface area contributed by atoms with E-state index in [0.29, 0.717) is 18.7 Å². The highest BCUT2D eigenvalue weighted by Crippen LogP contribution is 2.33. The number of primary amides is 1. The highest BCUT2D eigenvalue weighted by Gasteiger charge is 2.43. The molecule has 0 bridgehead atoms. The second-order valence-electron chi connectivity index (χ2n) is 8.30. The third-order valence-electron chi connectivity index (χ3n) is 6.14. The molecule has 2 heterocycles. The summed E-state index contributed by atoms with van der Waals surface area (Å²) in [7, 11) is 0. The molecule has 4 rings (SSSR count). The predicted molar refractivity (Wildman–Crippen MR) is 124 cm³/mol. The van der Waals surface area contributed by atoms with E-state index in [-0.39, 0.29) is 18.5 Å². The van der Waals surface area contributed by atoms with Gasteiger partial charge in [-0.05, 0) is 42.6 Å². The molecule has 3 aromatic rings. The number of aromatic nitrogens is 1. The van der Waals surface area contributed by atoms with Crippen LogP contribution in [0.3, 0.4) is 0 Å². The van der Waals surface area contributed by atoms with E-state index in [2.05, 4.69) is 10.3 Å². The van der Waals surface area contributed by atoms with Crippen LogP contribution in [0.2, 0.25) is 0 Å². The zero-order valence-electron chi connectivity index (χ0n) is 18.0. The quantitative estimate of drug-likeness (QED) is 0.606. The third-order valence-corrected chi connectivity index (χ3v) is 6.14. The van der Waals surface area contributed by atoms with Crippen LogP contribution >= 0.6 is 0 Å². The summed E-state index contributed by atoms with van der Waals surface area (Å²) in [6, 6.07) is 25.1. The summed E-state index contributed by atoms with van der Waals surface area (Å²) >= 11 is 0. The van der Waals surface area contributed by atoms with Crippen molar-refractivity contribution in [3.8, 4) is 0 Å². The second-order valence-corrected chi connectivity index (χ2v) is 8.30. The van der Waals surface area contributed by atoms with E-state index in [1.54, 1.807) is 6.20 Å². The van der Waals surface area contributed by atoms with Crippen LogP contribution in [0.1, 0.15) is 35.7 Å². The van der Waals surface area contributed by atoms with Crippen molar-refractivity contribution in [2.75, 3.05) is 19.6 Å². The summed E-state index contributed by atoms with van der Waals surface area (Å²) in [6.45, 7) is 1.31. The maximum atomic E-state index is 13.1. The van der Waals surface area contributed by atoms with Gasteiger partial charge in [0.25, 0.3) is 0 Å². The number of hydrogen-bond donors (Lipinski definition) is 2. The van der Waals surface area contributed by atoms with Crippen LogP contribution in [0.15, 0.2) is 85.1 Å². The van der Waals surface area contributed by atoms with Crippen molar-refractivity contribution in [2.24, 2.45) is 5.73 Å². The Hall–Kier alpha value is -3.51. The summed E-state index contributed by atoms with van der Waals surface area (Å²) in [6.07, 6.45) is 3.08. The number of pyridine rings is 1. The van der Waals surface area contributed by atoms with Crippen LogP contribution in [0.5, 0.6) is 0 Å². The van der Waals surface area contributed by atoms with Crippen LogP contribution in [0.25, 0.3) is 0 Å². The van der Waals surface area contributed by atoms with Gasteiger partial charge in [0.1, 0.15) is 5.41 Å². The minimum absolute atomic E-state index is 0.0935. The number of nitrogens with two attached hydrogens (primary N) is 1. The first-order valence-corrected chi connectivity index (χ1v) is 10.9. The molecule has 6 nitrogen and oxygen atoms in total. The molecule has 1 aliphatic rings. The molecule has 3 N–H and O–H groups in total. The van der Waals surface area contributed by atoms with Crippen LogP contribution < -0.4 is 11.1 Å². The molecular formula is C26H28N4O2. The second kappa shape index (κ2) is 9.75. The fourth-order valence-corrected chi connectivity index (χ4v) is 4.52. The molecule has 0 radical (unpaired) electrons. The highest BCUT2D eigenvalue weighted by molar-refractivity contribution is 5.87. The Kier molecular flexibility index (Phi) is 6.61. The summed E-state index contributed by atoms with van der Waals surface area (Å²) in [4.78, 5) is 32.0. The largest absolute Gasteiger partial charge is 0.369 e. The molecule has 2 aromatic carbocycles. The third kappa shape index (κ3) is 4.70. The van der Waals surface area contributed by atoms with E-state index >= 15 is 0 Å². The standard InChI is InChI=1S/C26H28N4O2/c27-25(32)26(22-14-7-8-16-28-22)15-9-17-30(19-26)18-23(31)29-24(20-10-3-1-4-11-20)21-12-5-2-6-13-21/h1-8,10-14,16,24H,9,15,17-19H2,(H2,27,32)(H,29,31). The van der Waals surface area contributed by atoms with Gasteiger partial charge in [-0.25, -0.2) is 0 Å². The van der Waals surface area contributed by atoms with Crippen LogP contribution in [0.4, 0.5) is 0 Å². The number of nitrogens with zero attached hydrogens (tertiary/aromatic N) is 2. The van der Waals surface area contributed by atoms with Gasteiger partial charge in [-0.2, -0.15) is 0 Å². The normalized spacial score (nSPS) is 18.9. The lowest BCUT2D eigenvalue weighted by Crippen LogP contribution is -2.55. The Balaban J connectivity index is 1.51. The molecule has 2 amide bonds. The van der Waals surface area contributed by atoms with E-state index in [9.17, 15) is 9.59 Å². The number of hydrogen-bond acceptors (Lipinski definition) is 4.